The monoisotopic (exact) mass is 415 g/mol. The van der Waals surface area contributed by atoms with Gasteiger partial charge in [-0.1, -0.05) is 6.07 Å². The summed E-state index contributed by atoms with van der Waals surface area (Å²) in [6.45, 7) is 4.45. The third kappa shape index (κ3) is 3.58. The van der Waals surface area contributed by atoms with Gasteiger partial charge in [0.1, 0.15) is 23.5 Å². The van der Waals surface area contributed by atoms with Gasteiger partial charge in [-0.05, 0) is 43.7 Å². The minimum absolute atomic E-state index is 0.00271. The average Bonchev–Trinajstić information content (AvgIpc) is 3.06. The SMILES string of the molecule is CC(C)NC(=O)N1CC2Oc3cc(-c4ccc(F)cc4F)ccc3C(=O)N(C)C2C1. The number of rotatable bonds is 2. The van der Waals surface area contributed by atoms with E-state index < -0.39 is 17.7 Å². The predicted molar refractivity (Wildman–Crippen MR) is 107 cm³/mol. The van der Waals surface area contributed by atoms with Crippen molar-refractivity contribution >= 4 is 11.9 Å². The number of benzene rings is 2. The van der Waals surface area contributed by atoms with Gasteiger partial charge < -0.3 is 19.9 Å². The summed E-state index contributed by atoms with van der Waals surface area (Å²) in [5, 5.41) is 2.85. The van der Waals surface area contributed by atoms with E-state index in [1.807, 2.05) is 13.8 Å². The van der Waals surface area contributed by atoms with Crippen LogP contribution >= 0.6 is 0 Å². The highest BCUT2D eigenvalue weighted by Crippen LogP contribution is 2.35. The fourth-order valence-electron chi connectivity index (χ4n) is 3.94. The van der Waals surface area contributed by atoms with Gasteiger partial charge in [0, 0.05) is 31.3 Å². The number of carbonyl (C=O) groups is 2. The third-order valence-electron chi connectivity index (χ3n) is 5.49. The first kappa shape index (κ1) is 20.1. The molecule has 2 aliphatic heterocycles. The Morgan fingerprint density at radius 3 is 2.57 bits per heavy atom. The standard InChI is InChI=1S/C22H23F2N3O3/c1-12(2)25-22(29)27-10-18-20(11-27)30-19-8-13(4-6-16(19)21(28)26(18)3)15-7-5-14(23)9-17(15)24/h4-9,12,18,20H,10-11H2,1-3H3,(H,25,29). The molecule has 0 bridgehead atoms. The number of nitrogens with zero attached hydrogens (tertiary/aromatic N) is 2. The lowest BCUT2D eigenvalue weighted by atomic mass is 10.0. The van der Waals surface area contributed by atoms with Crippen molar-refractivity contribution < 1.29 is 23.1 Å². The summed E-state index contributed by atoms with van der Waals surface area (Å²) in [6, 6.07) is 7.66. The van der Waals surface area contributed by atoms with E-state index in [1.54, 1.807) is 35.0 Å². The number of nitrogens with one attached hydrogen (secondary N) is 1. The fourth-order valence-corrected chi connectivity index (χ4v) is 3.94. The van der Waals surface area contributed by atoms with Crippen molar-refractivity contribution in [3.8, 4) is 16.9 Å². The van der Waals surface area contributed by atoms with Crippen LogP contribution in [-0.2, 0) is 0 Å². The molecule has 2 atom stereocenters. The Bertz CT molecular complexity index is 1010. The number of hydrogen-bond donors (Lipinski definition) is 1. The summed E-state index contributed by atoms with van der Waals surface area (Å²) in [5.41, 5.74) is 1.07. The molecule has 4 rings (SSSR count). The van der Waals surface area contributed by atoms with Gasteiger partial charge >= 0.3 is 6.03 Å². The zero-order valence-electron chi connectivity index (χ0n) is 17.0. The van der Waals surface area contributed by atoms with Crippen LogP contribution < -0.4 is 10.1 Å². The van der Waals surface area contributed by atoms with Gasteiger partial charge in [-0.25, -0.2) is 13.6 Å². The highest BCUT2D eigenvalue weighted by molar-refractivity contribution is 5.98. The number of likely N-dealkylation sites (tertiary alicyclic amines) is 1. The van der Waals surface area contributed by atoms with Gasteiger partial charge in [0.15, 0.2) is 0 Å². The quantitative estimate of drug-likeness (QED) is 0.819. The number of amides is 3. The largest absolute Gasteiger partial charge is 0.485 e. The van der Waals surface area contributed by atoms with Gasteiger partial charge in [0.05, 0.1) is 18.2 Å². The lowest BCUT2D eigenvalue weighted by molar-refractivity contribution is 0.0682. The molecule has 30 heavy (non-hydrogen) atoms. The summed E-state index contributed by atoms with van der Waals surface area (Å²) in [7, 11) is 1.69. The summed E-state index contributed by atoms with van der Waals surface area (Å²) in [5.74, 6) is -1.25. The maximum absolute atomic E-state index is 14.2. The van der Waals surface area contributed by atoms with E-state index in [4.69, 9.17) is 4.74 Å². The van der Waals surface area contributed by atoms with Crippen molar-refractivity contribution in [2.24, 2.45) is 0 Å². The predicted octanol–water partition coefficient (Wildman–Crippen LogP) is 3.27. The van der Waals surface area contributed by atoms with Crippen molar-refractivity contribution in [1.29, 1.82) is 0 Å². The molecule has 2 unspecified atom stereocenters. The topological polar surface area (TPSA) is 61.9 Å². The van der Waals surface area contributed by atoms with Crippen LogP contribution in [0.4, 0.5) is 13.6 Å². The molecule has 0 spiro atoms. The molecule has 2 aromatic rings. The van der Waals surface area contributed by atoms with Crippen molar-refractivity contribution in [2.75, 3.05) is 20.1 Å². The summed E-state index contributed by atoms with van der Waals surface area (Å²) >= 11 is 0. The maximum atomic E-state index is 14.2. The molecular weight excluding hydrogens is 392 g/mol. The molecule has 0 aliphatic carbocycles. The van der Waals surface area contributed by atoms with E-state index in [2.05, 4.69) is 5.32 Å². The highest BCUT2D eigenvalue weighted by atomic mass is 19.1. The molecule has 0 radical (unpaired) electrons. The van der Waals surface area contributed by atoms with Crippen LogP contribution in [0.5, 0.6) is 5.75 Å². The molecule has 1 fully saturated rings. The van der Waals surface area contributed by atoms with Crippen LogP contribution in [0.15, 0.2) is 36.4 Å². The molecule has 0 saturated carbocycles. The Hall–Kier alpha value is -3.16. The lowest BCUT2D eigenvalue weighted by Crippen LogP contribution is -2.45. The normalized spacial score (nSPS) is 20.5. The van der Waals surface area contributed by atoms with Crippen molar-refractivity contribution in [2.45, 2.75) is 32.0 Å². The maximum Gasteiger partial charge on any atom is 0.317 e. The lowest BCUT2D eigenvalue weighted by Gasteiger charge is -2.25. The van der Waals surface area contributed by atoms with Gasteiger partial charge in [-0.2, -0.15) is 0 Å². The molecule has 8 heteroatoms. The van der Waals surface area contributed by atoms with E-state index in [9.17, 15) is 18.4 Å². The summed E-state index contributed by atoms with van der Waals surface area (Å²) < 4.78 is 33.7. The molecule has 6 nitrogen and oxygen atoms in total. The molecule has 0 aromatic heterocycles. The first-order valence-electron chi connectivity index (χ1n) is 9.83. The van der Waals surface area contributed by atoms with E-state index in [0.29, 0.717) is 30.0 Å². The molecule has 1 N–H and O–H groups in total. The van der Waals surface area contributed by atoms with E-state index in [1.165, 1.54) is 12.1 Å². The van der Waals surface area contributed by atoms with E-state index in [-0.39, 0.29) is 29.6 Å². The van der Waals surface area contributed by atoms with Gasteiger partial charge in [0.25, 0.3) is 5.91 Å². The number of halogens is 2. The zero-order valence-corrected chi connectivity index (χ0v) is 17.0. The second kappa shape index (κ2) is 7.59. The summed E-state index contributed by atoms with van der Waals surface area (Å²) in [6.07, 6.45) is -0.411. The molecular formula is C22H23F2N3O3. The molecule has 158 valence electrons. The van der Waals surface area contributed by atoms with Crippen LogP contribution in [0.3, 0.4) is 0 Å². The number of ether oxygens (including phenoxy) is 1. The Morgan fingerprint density at radius 1 is 1.13 bits per heavy atom. The van der Waals surface area contributed by atoms with Crippen LogP contribution in [-0.4, -0.2) is 60.1 Å². The molecule has 2 heterocycles. The second-order valence-electron chi connectivity index (χ2n) is 7.98. The smallest absolute Gasteiger partial charge is 0.317 e. The Balaban J connectivity index is 1.66. The van der Waals surface area contributed by atoms with E-state index >= 15 is 0 Å². The minimum atomic E-state index is -0.692. The van der Waals surface area contributed by atoms with Crippen molar-refractivity contribution in [3.05, 3.63) is 53.6 Å². The van der Waals surface area contributed by atoms with Gasteiger partial charge in [-0.15, -0.1) is 0 Å². The van der Waals surface area contributed by atoms with Gasteiger partial charge in [0.2, 0.25) is 0 Å². The van der Waals surface area contributed by atoms with Crippen LogP contribution in [0.25, 0.3) is 11.1 Å². The Morgan fingerprint density at radius 2 is 1.87 bits per heavy atom. The van der Waals surface area contributed by atoms with Crippen LogP contribution in [0, 0.1) is 11.6 Å². The highest BCUT2D eigenvalue weighted by Gasteiger charge is 2.43. The third-order valence-corrected chi connectivity index (χ3v) is 5.49. The number of carbonyl (C=O) groups excluding carboxylic acids is 2. The van der Waals surface area contributed by atoms with E-state index in [0.717, 1.165) is 6.07 Å². The molecule has 2 aliphatic rings. The number of fused-ring (bicyclic) bond motifs is 2. The molecule has 2 aromatic carbocycles. The molecule has 3 amide bonds. The summed E-state index contributed by atoms with van der Waals surface area (Å²) in [4.78, 5) is 28.6. The number of urea groups is 1. The van der Waals surface area contributed by atoms with Crippen LogP contribution in [0.1, 0.15) is 24.2 Å². The number of likely N-dealkylation sites (N-methyl/N-ethyl adjacent to an activating group) is 1. The zero-order chi connectivity index (χ0) is 21.6. The first-order valence-corrected chi connectivity index (χ1v) is 9.83. The van der Waals surface area contributed by atoms with Crippen molar-refractivity contribution in [1.82, 2.24) is 15.1 Å². The van der Waals surface area contributed by atoms with Gasteiger partial charge in [-0.3, -0.25) is 4.79 Å². The van der Waals surface area contributed by atoms with Crippen LogP contribution in [0.2, 0.25) is 0 Å². The minimum Gasteiger partial charge on any atom is -0.485 e. The van der Waals surface area contributed by atoms with Crippen molar-refractivity contribution in [3.63, 3.8) is 0 Å². The first-order chi connectivity index (χ1) is 14.2. The Kier molecular flexibility index (Phi) is 5.09. The Labute approximate surface area is 173 Å². The number of hydrogen-bond acceptors (Lipinski definition) is 3. The second-order valence-corrected chi connectivity index (χ2v) is 7.98. The average molecular weight is 415 g/mol. The molecule has 1 saturated heterocycles. The fraction of sp³-hybridized carbons (Fsp3) is 0.364.